The van der Waals surface area contributed by atoms with E-state index >= 15 is 0 Å². The molecule has 80 valence electrons. The molecule has 3 rings (SSSR count). The van der Waals surface area contributed by atoms with Crippen molar-refractivity contribution >= 4 is 21.9 Å². The Bertz CT molecular complexity index is 655. The average molecular weight is 213 g/mol. The number of aliphatic hydroxyl groups excluding tert-OH is 1. The van der Waals surface area contributed by atoms with E-state index in [-0.39, 0.29) is 0 Å². The van der Waals surface area contributed by atoms with E-state index in [1.165, 1.54) is 0 Å². The van der Waals surface area contributed by atoms with Crippen molar-refractivity contribution in [2.24, 2.45) is 0 Å². The fourth-order valence-corrected chi connectivity index (χ4v) is 1.86. The largest absolute Gasteiger partial charge is 0.438 e. The van der Waals surface area contributed by atoms with Crippen LogP contribution in [0.15, 0.2) is 40.8 Å². The molecular formula is C13H11NO2. The number of benzene rings is 2. The maximum absolute atomic E-state index is 9.44. The van der Waals surface area contributed by atoms with Gasteiger partial charge in [-0.1, -0.05) is 30.3 Å². The number of aliphatic hydroxyl groups is 1. The fourth-order valence-electron chi connectivity index (χ4n) is 1.86. The Morgan fingerprint density at radius 1 is 1.19 bits per heavy atom. The number of aromatic nitrogens is 1. The summed E-state index contributed by atoms with van der Waals surface area (Å²) in [5, 5.41) is 11.6. The van der Waals surface area contributed by atoms with Crippen molar-refractivity contribution in [3.05, 3.63) is 42.3 Å². The summed E-state index contributed by atoms with van der Waals surface area (Å²) >= 11 is 0. The molecule has 0 saturated heterocycles. The van der Waals surface area contributed by atoms with E-state index in [0.717, 1.165) is 21.9 Å². The van der Waals surface area contributed by atoms with Crippen molar-refractivity contribution in [1.29, 1.82) is 0 Å². The molecular weight excluding hydrogens is 202 g/mol. The van der Waals surface area contributed by atoms with Gasteiger partial charge in [-0.3, -0.25) is 0 Å². The van der Waals surface area contributed by atoms with Gasteiger partial charge in [0.1, 0.15) is 11.6 Å². The Kier molecular flexibility index (Phi) is 1.94. The van der Waals surface area contributed by atoms with Crippen LogP contribution in [0.5, 0.6) is 0 Å². The minimum Gasteiger partial charge on any atom is -0.438 e. The lowest BCUT2D eigenvalue weighted by atomic mass is 10.1. The number of rotatable bonds is 1. The number of hydrogen-bond acceptors (Lipinski definition) is 3. The minimum atomic E-state index is -0.675. The van der Waals surface area contributed by atoms with E-state index < -0.39 is 6.10 Å². The fraction of sp³-hybridized carbons (Fsp3) is 0.154. The summed E-state index contributed by atoms with van der Waals surface area (Å²) in [6.07, 6.45) is -0.675. The number of fused-ring (bicyclic) bond motifs is 3. The minimum absolute atomic E-state index is 0.367. The van der Waals surface area contributed by atoms with E-state index in [1.807, 2.05) is 36.4 Å². The second kappa shape index (κ2) is 3.32. The molecule has 0 fully saturated rings. The summed E-state index contributed by atoms with van der Waals surface area (Å²) in [4.78, 5) is 4.32. The zero-order chi connectivity index (χ0) is 11.1. The van der Waals surface area contributed by atoms with Gasteiger partial charge in [-0.05, 0) is 18.4 Å². The van der Waals surface area contributed by atoms with Crippen LogP contribution < -0.4 is 0 Å². The second-order valence-electron chi connectivity index (χ2n) is 3.86. The highest BCUT2D eigenvalue weighted by atomic mass is 16.4. The predicted octanol–water partition coefficient (Wildman–Crippen LogP) is 3.03. The Labute approximate surface area is 92.3 Å². The zero-order valence-electron chi connectivity index (χ0n) is 8.84. The van der Waals surface area contributed by atoms with Crippen molar-refractivity contribution in [3.8, 4) is 0 Å². The molecule has 1 N–H and O–H groups in total. The van der Waals surface area contributed by atoms with E-state index in [4.69, 9.17) is 4.42 Å². The van der Waals surface area contributed by atoms with Crippen molar-refractivity contribution in [2.75, 3.05) is 0 Å². The SMILES string of the molecule is CC(O)c1nc2c(ccc3ccccc32)o1. The third-order valence-corrected chi connectivity index (χ3v) is 2.66. The van der Waals surface area contributed by atoms with Crippen LogP contribution in [-0.4, -0.2) is 10.1 Å². The molecule has 0 amide bonds. The summed E-state index contributed by atoms with van der Waals surface area (Å²) in [5.74, 6) is 0.367. The van der Waals surface area contributed by atoms with Crippen LogP contribution >= 0.6 is 0 Å². The monoisotopic (exact) mass is 213 g/mol. The molecule has 0 aliphatic heterocycles. The van der Waals surface area contributed by atoms with E-state index in [0.29, 0.717) is 5.89 Å². The van der Waals surface area contributed by atoms with Gasteiger partial charge in [-0.2, -0.15) is 0 Å². The highest BCUT2D eigenvalue weighted by molar-refractivity contribution is 6.03. The van der Waals surface area contributed by atoms with Gasteiger partial charge in [0, 0.05) is 5.39 Å². The van der Waals surface area contributed by atoms with Gasteiger partial charge in [0.25, 0.3) is 0 Å². The third-order valence-electron chi connectivity index (χ3n) is 2.66. The summed E-state index contributed by atoms with van der Waals surface area (Å²) < 4.78 is 5.48. The molecule has 1 aromatic heterocycles. The van der Waals surface area contributed by atoms with Gasteiger partial charge in [0.15, 0.2) is 5.58 Å². The molecule has 0 bridgehead atoms. The molecule has 0 radical (unpaired) electrons. The quantitative estimate of drug-likeness (QED) is 0.675. The zero-order valence-corrected chi connectivity index (χ0v) is 8.84. The van der Waals surface area contributed by atoms with Crippen LogP contribution in [0.2, 0.25) is 0 Å². The van der Waals surface area contributed by atoms with Crippen LogP contribution in [0.25, 0.3) is 21.9 Å². The first-order chi connectivity index (χ1) is 7.75. The maximum Gasteiger partial charge on any atom is 0.224 e. The van der Waals surface area contributed by atoms with Crippen molar-refractivity contribution in [1.82, 2.24) is 4.98 Å². The molecule has 0 saturated carbocycles. The molecule has 0 aliphatic carbocycles. The van der Waals surface area contributed by atoms with Crippen LogP contribution in [0.4, 0.5) is 0 Å². The number of hydrogen-bond donors (Lipinski definition) is 1. The van der Waals surface area contributed by atoms with Gasteiger partial charge in [0.2, 0.25) is 5.89 Å². The summed E-state index contributed by atoms with van der Waals surface area (Å²) in [5.41, 5.74) is 1.53. The van der Waals surface area contributed by atoms with Crippen LogP contribution in [0, 0.1) is 0 Å². The van der Waals surface area contributed by atoms with Crippen LogP contribution in [0.3, 0.4) is 0 Å². The van der Waals surface area contributed by atoms with Crippen molar-refractivity contribution in [2.45, 2.75) is 13.0 Å². The van der Waals surface area contributed by atoms with Crippen molar-refractivity contribution < 1.29 is 9.52 Å². The molecule has 0 aliphatic rings. The third kappa shape index (κ3) is 1.29. The molecule has 1 atom stereocenters. The molecule has 3 heteroatoms. The summed E-state index contributed by atoms with van der Waals surface area (Å²) in [7, 11) is 0. The normalized spacial score (nSPS) is 13.4. The highest BCUT2D eigenvalue weighted by Crippen LogP contribution is 2.27. The first-order valence-electron chi connectivity index (χ1n) is 5.22. The van der Waals surface area contributed by atoms with Crippen molar-refractivity contribution in [3.63, 3.8) is 0 Å². The molecule has 16 heavy (non-hydrogen) atoms. The Balaban J connectivity index is 2.41. The lowest BCUT2D eigenvalue weighted by molar-refractivity contribution is 0.165. The van der Waals surface area contributed by atoms with E-state index in [9.17, 15) is 5.11 Å². The molecule has 0 spiro atoms. The molecule has 1 heterocycles. The van der Waals surface area contributed by atoms with Gasteiger partial charge in [-0.25, -0.2) is 4.98 Å². The molecule has 3 aromatic rings. The Hall–Kier alpha value is -1.87. The molecule has 3 nitrogen and oxygen atoms in total. The predicted molar refractivity (Wildman–Crippen MR) is 62.1 cm³/mol. The topological polar surface area (TPSA) is 46.3 Å². The smallest absolute Gasteiger partial charge is 0.224 e. The summed E-state index contributed by atoms with van der Waals surface area (Å²) in [6, 6.07) is 11.9. The van der Waals surface area contributed by atoms with Gasteiger partial charge in [0.05, 0.1) is 0 Å². The van der Waals surface area contributed by atoms with E-state index in [2.05, 4.69) is 4.98 Å². The second-order valence-corrected chi connectivity index (χ2v) is 3.86. The van der Waals surface area contributed by atoms with Gasteiger partial charge < -0.3 is 9.52 Å². The first kappa shape index (κ1) is 9.36. The maximum atomic E-state index is 9.44. The standard InChI is InChI=1S/C13H11NO2/c1-8(15)13-14-12-10-5-3-2-4-9(10)6-7-11(12)16-13/h2-8,15H,1H3. The lowest BCUT2D eigenvalue weighted by Crippen LogP contribution is -1.89. The lowest BCUT2D eigenvalue weighted by Gasteiger charge is -1.95. The Morgan fingerprint density at radius 3 is 2.81 bits per heavy atom. The van der Waals surface area contributed by atoms with Gasteiger partial charge >= 0.3 is 0 Å². The van der Waals surface area contributed by atoms with Gasteiger partial charge in [-0.15, -0.1) is 0 Å². The highest BCUT2D eigenvalue weighted by Gasteiger charge is 2.12. The Morgan fingerprint density at radius 2 is 2.00 bits per heavy atom. The molecule has 2 aromatic carbocycles. The number of oxazole rings is 1. The van der Waals surface area contributed by atoms with Crippen LogP contribution in [0.1, 0.15) is 18.9 Å². The average Bonchev–Trinajstić information content (AvgIpc) is 2.73. The number of nitrogens with zero attached hydrogens (tertiary/aromatic N) is 1. The van der Waals surface area contributed by atoms with E-state index in [1.54, 1.807) is 6.92 Å². The first-order valence-corrected chi connectivity index (χ1v) is 5.22. The van der Waals surface area contributed by atoms with Crippen LogP contribution in [-0.2, 0) is 0 Å². The molecule has 1 unspecified atom stereocenters. The summed E-state index contributed by atoms with van der Waals surface area (Å²) in [6.45, 7) is 1.65.